The van der Waals surface area contributed by atoms with Crippen LogP contribution < -0.4 is 9.64 Å². The number of fused-ring (bicyclic) bond motifs is 3. The molecule has 5 rings (SSSR count). The average Bonchev–Trinajstić information content (AvgIpc) is 3.37. The van der Waals surface area contributed by atoms with Gasteiger partial charge in [0.05, 0.1) is 30.5 Å². The van der Waals surface area contributed by atoms with Crippen LogP contribution in [-0.2, 0) is 17.9 Å². The molecule has 7 nitrogen and oxygen atoms in total. The maximum Gasteiger partial charge on any atom is 0.244 e. The van der Waals surface area contributed by atoms with Crippen molar-refractivity contribution in [2.75, 3.05) is 11.4 Å². The molecule has 1 N–H and O–H groups in total. The number of pyridine rings is 1. The van der Waals surface area contributed by atoms with Crippen molar-refractivity contribution in [3.05, 3.63) is 72.6 Å². The number of imidazole rings is 1. The summed E-state index contributed by atoms with van der Waals surface area (Å²) in [5, 5.41) is 0. The van der Waals surface area contributed by atoms with E-state index in [0.717, 1.165) is 23.0 Å². The Hall–Kier alpha value is -3.19. The van der Waals surface area contributed by atoms with Gasteiger partial charge < -0.3 is 14.6 Å². The Bertz CT molecular complexity index is 960. The van der Waals surface area contributed by atoms with E-state index in [1.807, 2.05) is 42.5 Å². The summed E-state index contributed by atoms with van der Waals surface area (Å²) in [4.78, 5) is 29.5. The van der Waals surface area contributed by atoms with E-state index in [4.69, 9.17) is 4.74 Å². The molecular formula is C21H21N5O2. The number of amides is 1. The Kier molecular flexibility index (Phi) is 4.29. The number of hydrogen-bond acceptors (Lipinski definition) is 5. The SMILES string of the molecule is O=C1C2CC(CN2Cc2ncc[nH]2)Oc2ccccc2N1Cc1ccccn1. The van der Waals surface area contributed by atoms with E-state index in [9.17, 15) is 4.79 Å². The fourth-order valence-electron chi connectivity index (χ4n) is 4.03. The van der Waals surface area contributed by atoms with E-state index >= 15 is 0 Å². The number of carbonyl (C=O) groups is 1. The second-order valence-corrected chi connectivity index (χ2v) is 7.17. The van der Waals surface area contributed by atoms with Gasteiger partial charge in [-0.2, -0.15) is 0 Å². The Morgan fingerprint density at radius 2 is 1.96 bits per heavy atom. The summed E-state index contributed by atoms with van der Waals surface area (Å²) in [6, 6.07) is 13.3. The molecule has 0 spiro atoms. The zero-order chi connectivity index (χ0) is 18.9. The number of H-pyrrole nitrogens is 1. The standard InChI is InChI=1S/C21H21N5O2/c27-21-18-11-16(13-25(18)14-20-23-9-10-24-20)28-19-7-2-1-6-17(19)26(21)12-15-5-3-4-8-22-15/h1-10,16,18H,11-14H2,(H,23,24). The largest absolute Gasteiger partial charge is 0.487 e. The molecular weight excluding hydrogens is 354 g/mol. The van der Waals surface area contributed by atoms with Crippen LogP contribution in [0.4, 0.5) is 5.69 Å². The summed E-state index contributed by atoms with van der Waals surface area (Å²) in [5.41, 5.74) is 1.64. The number of aromatic amines is 1. The summed E-state index contributed by atoms with van der Waals surface area (Å²) in [6.45, 7) is 1.70. The van der Waals surface area contributed by atoms with E-state index in [1.165, 1.54) is 0 Å². The van der Waals surface area contributed by atoms with Crippen LogP contribution in [0.2, 0.25) is 0 Å². The molecule has 2 aromatic heterocycles. The van der Waals surface area contributed by atoms with Gasteiger partial charge >= 0.3 is 0 Å². The number of likely N-dealkylation sites (tertiary alicyclic amines) is 1. The quantitative estimate of drug-likeness (QED) is 0.758. The van der Waals surface area contributed by atoms with Gasteiger partial charge in [-0.25, -0.2) is 4.98 Å². The van der Waals surface area contributed by atoms with E-state index < -0.39 is 0 Å². The van der Waals surface area contributed by atoms with Gasteiger partial charge in [0.25, 0.3) is 0 Å². The van der Waals surface area contributed by atoms with Gasteiger partial charge in [-0.05, 0) is 24.3 Å². The second kappa shape index (κ2) is 7.09. The number of nitrogens with one attached hydrogen (secondary N) is 1. The summed E-state index contributed by atoms with van der Waals surface area (Å²) in [5.74, 6) is 1.68. The maximum absolute atomic E-state index is 13.6. The summed E-state index contributed by atoms with van der Waals surface area (Å²) < 4.78 is 6.31. The first kappa shape index (κ1) is 16.9. The third-order valence-electron chi connectivity index (χ3n) is 5.32. The van der Waals surface area contributed by atoms with Crippen LogP contribution in [0.15, 0.2) is 61.1 Å². The molecule has 0 aliphatic carbocycles. The number of para-hydroxylation sites is 2. The van der Waals surface area contributed by atoms with Crippen LogP contribution >= 0.6 is 0 Å². The number of ether oxygens (including phenoxy) is 1. The van der Waals surface area contributed by atoms with E-state index in [-0.39, 0.29) is 18.1 Å². The predicted molar refractivity (Wildman–Crippen MR) is 104 cm³/mol. The highest BCUT2D eigenvalue weighted by molar-refractivity contribution is 5.99. The Morgan fingerprint density at radius 1 is 1.07 bits per heavy atom. The van der Waals surface area contributed by atoms with Crippen molar-refractivity contribution in [1.82, 2.24) is 19.9 Å². The van der Waals surface area contributed by atoms with Crippen molar-refractivity contribution >= 4 is 11.6 Å². The first-order chi connectivity index (χ1) is 13.8. The molecule has 3 aromatic rings. The minimum Gasteiger partial charge on any atom is -0.487 e. The minimum absolute atomic E-state index is 0.0120. The van der Waals surface area contributed by atoms with Gasteiger partial charge in [0, 0.05) is 31.6 Å². The van der Waals surface area contributed by atoms with Crippen LogP contribution in [-0.4, -0.2) is 44.4 Å². The second-order valence-electron chi connectivity index (χ2n) is 7.17. The van der Waals surface area contributed by atoms with Crippen LogP contribution in [0.25, 0.3) is 0 Å². The first-order valence-electron chi connectivity index (χ1n) is 9.47. The van der Waals surface area contributed by atoms with Crippen LogP contribution in [0.3, 0.4) is 0 Å². The fraction of sp³-hybridized carbons (Fsp3) is 0.286. The molecule has 28 heavy (non-hydrogen) atoms. The molecule has 142 valence electrons. The highest BCUT2D eigenvalue weighted by Gasteiger charge is 2.43. The van der Waals surface area contributed by atoms with Gasteiger partial charge in [-0.3, -0.25) is 14.7 Å². The van der Waals surface area contributed by atoms with Gasteiger partial charge in [0.15, 0.2) is 0 Å². The zero-order valence-corrected chi connectivity index (χ0v) is 15.4. The predicted octanol–water partition coefficient (Wildman–Crippen LogP) is 2.37. The van der Waals surface area contributed by atoms with Crippen LogP contribution in [0.5, 0.6) is 5.75 Å². The number of nitrogens with zero attached hydrogens (tertiary/aromatic N) is 4. The molecule has 2 aliphatic rings. The van der Waals surface area contributed by atoms with Gasteiger partial charge in [0.2, 0.25) is 5.91 Å². The van der Waals surface area contributed by atoms with Crippen LogP contribution in [0, 0.1) is 0 Å². The Balaban J connectivity index is 1.50. The molecule has 2 unspecified atom stereocenters. The number of benzene rings is 1. The lowest BCUT2D eigenvalue weighted by Crippen LogP contribution is -2.45. The van der Waals surface area contributed by atoms with Crippen molar-refractivity contribution in [3.63, 3.8) is 0 Å². The third kappa shape index (κ3) is 3.14. The highest BCUT2D eigenvalue weighted by atomic mass is 16.5. The normalized spacial score (nSPS) is 21.7. The molecule has 1 amide bonds. The number of carbonyl (C=O) groups excluding carboxylic acids is 1. The average molecular weight is 375 g/mol. The van der Waals surface area contributed by atoms with E-state index in [0.29, 0.717) is 26.1 Å². The monoisotopic (exact) mass is 375 g/mol. The fourth-order valence-corrected chi connectivity index (χ4v) is 4.03. The third-order valence-corrected chi connectivity index (χ3v) is 5.32. The zero-order valence-electron chi connectivity index (χ0n) is 15.4. The molecule has 2 bridgehead atoms. The summed E-state index contributed by atoms with van der Waals surface area (Å²) in [7, 11) is 0. The molecule has 0 saturated carbocycles. The number of anilines is 1. The van der Waals surface area contributed by atoms with Crippen molar-refractivity contribution in [2.24, 2.45) is 0 Å². The molecule has 2 atom stereocenters. The Morgan fingerprint density at radius 3 is 2.79 bits per heavy atom. The van der Waals surface area contributed by atoms with Gasteiger partial charge in [0.1, 0.15) is 17.7 Å². The number of hydrogen-bond donors (Lipinski definition) is 1. The van der Waals surface area contributed by atoms with E-state index in [2.05, 4.69) is 19.9 Å². The summed E-state index contributed by atoms with van der Waals surface area (Å²) in [6.07, 6.45) is 5.95. The Labute approximate surface area is 163 Å². The molecule has 1 saturated heterocycles. The molecule has 2 aliphatic heterocycles. The number of rotatable bonds is 4. The highest BCUT2D eigenvalue weighted by Crippen LogP contribution is 2.37. The van der Waals surface area contributed by atoms with Crippen molar-refractivity contribution in [1.29, 1.82) is 0 Å². The lowest BCUT2D eigenvalue weighted by molar-refractivity contribution is -0.123. The minimum atomic E-state index is -0.243. The van der Waals surface area contributed by atoms with E-state index in [1.54, 1.807) is 23.5 Å². The van der Waals surface area contributed by atoms with Gasteiger partial charge in [-0.1, -0.05) is 18.2 Å². The number of aromatic nitrogens is 3. The van der Waals surface area contributed by atoms with Crippen molar-refractivity contribution in [2.45, 2.75) is 31.7 Å². The smallest absolute Gasteiger partial charge is 0.244 e. The van der Waals surface area contributed by atoms with Crippen molar-refractivity contribution < 1.29 is 9.53 Å². The molecule has 7 heteroatoms. The molecule has 1 aromatic carbocycles. The summed E-state index contributed by atoms with van der Waals surface area (Å²) >= 11 is 0. The molecule has 4 heterocycles. The van der Waals surface area contributed by atoms with Crippen LogP contribution in [0.1, 0.15) is 17.9 Å². The molecule has 1 fully saturated rings. The first-order valence-corrected chi connectivity index (χ1v) is 9.47. The lowest BCUT2D eigenvalue weighted by Gasteiger charge is -2.31. The lowest BCUT2D eigenvalue weighted by atomic mass is 10.1. The maximum atomic E-state index is 13.6. The van der Waals surface area contributed by atoms with Crippen molar-refractivity contribution in [3.8, 4) is 5.75 Å². The molecule has 0 radical (unpaired) electrons. The topological polar surface area (TPSA) is 74.3 Å². The van der Waals surface area contributed by atoms with Gasteiger partial charge in [-0.15, -0.1) is 0 Å².